The SMILES string of the molecule is CC(C=NC(C)N1CCOCC1)CN. The Hall–Kier alpha value is -0.450. The normalized spacial score (nSPS) is 23.9. The number of aliphatic imine (C=N–C) groups is 1. The number of morpholine rings is 1. The van der Waals surface area contributed by atoms with Crippen molar-refractivity contribution in [2.75, 3.05) is 32.8 Å². The first kappa shape index (κ1) is 11.6. The quantitative estimate of drug-likeness (QED) is 0.664. The Bertz CT molecular complexity index is 178. The zero-order valence-corrected chi connectivity index (χ0v) is 9.15. The third-order valence-electron chi connectivity index (χ3n) is 2.50. The van der Waals surface area contributed by atoms with Crippen LogP contribution in [-0.2, 0) is 4.74 Å². The zero-order chi connectivity index (χ0) is 10.4. The van der Waals surface area contributed by atoms with Gasteiger partial charge in [0.2, 0.25) is 0 Å². The van der Waals surface area contributed by atoms with Gasteiger partial charge in [-0.25, -0.2) is 0 Å². The summed E-state index contributed by atoms with van der Waals surface area (Å²) in [4.78, 5) is 6.81. The van der Waals surface area contributed by atoms with Gasteiger partial charge in [-0.15, -0.1) is 0 Å². The van der Waals surface area contributed by atoms with E-state index in [4.69, 9.17) is 10.5 Å². The number of ether oxygens (including phenoxy) is 1. The van der Waals surface area contributed by atoms with Crippen LogP contribution < -0.4 is 5.73 Å². The molecular weight excluding hydrogens is 178 g/mol. The predicted octanol–water partition coefficient (Wildman–Crippen LogP) is 0.330. The molecule has 1 heterocycles. The highest BCUT2D eigenvalue weighted by Gasteiger charge is 2.15. The van der Waals surface area contributed by atoms with Gasteiger partial charge in [-0.2, -0.15) is 0 Å². The average molecular weight is 199 g/mol. The standard InChI is InChI=1S/C10H21N3O/c1-9(7-11)8-12-10(2)13-3-5-14-6-4-13/h8-10H,3-7,11H2,1-2H3. The molecule has 4 nitrogen and oxygen atoms in total. The van der Waals surface area contributed by atoms with Crippen LogP contribution in [0.3, 0.4) is 0 Å². The summed E-state index contributed by atoms with van der Waals surface area (Å²) in [5.74, 6) is 0.374. The monoisotopic (exact) mass is 199 g/mol. The van der Waals surface area contributed by atoms with Crippen molar-refractivity contribution in [1.82, 2.24) is 4.90 Å². The van der Waals surface area contributed by atoms with Crippen molar-refractivity contribution in [2.24, 2.45) is 16.6 Å². The molecule has 0 aliphatic carbocycles. The summed E-state index contributed by atoms with van der Waals surface area (Å²) in [5, 5.41) is 0. The van der Waals surface area contributed by atoms with E-state index < -0.39 is 0 Å². The van der Waals surface area contributed by atoms with E-state index in [2.05, 4.69) is 23.7 Å². The summed E-state index contributed by atoms with van der Waals surface area (Å²) >= 11 is 0. The number of nitrogens with two attached hydrogens (primary N) is 1. The lowest BCUT2D eigenvalue weighted by Crippen LogP contribution is -2.41. The maximum absolute atomic E-state index is 5.51. The van der Waals surface area contributed by atoms with Crippen molar-refractivity contribution < 1.29 is 4.74 Å². The molecule has 0 radical (unpaired) electrons. The number of hydrogen-bond acceptors (Lipinski definition) is 4. The molecular formula is C10H21N3O. The molecule has 2 atom stereocenters. The van der Waals surface area contributed by atoms with E-state index in [-0.39, 0.29) is 6.17 Å². The number of nitrogens with zero attached hydrogens (tertiary/aromatic N) is 2. The van der Waals surface area contributed by atoms with E-state index in [1.54, 1.807) is 0 Å². The van der Waals surface area contributed by atoms with E-state index in [1.165, 1.54) is 0 Å². The minimum atomic E-state index is 0.257. The molecule has 0 saturated carbocycles. The zero-order valence-electron chi connectivity index (χ0n) is 9.15. The van der Waals surface area contributed by atoms with Crippen LogP contribution in [-0.4, -0.2) is 50.1 Å². The third kappa shape index (κ3) is 3.74. The van der Waals surface area contributed by atoms with Crippen molar-refractivity contribution in [2.45, 2.75) is 20.0 Å². The maximum Gasteiger partial charge on any atom is 0.0988 e. The van der Waals surface area contributed by atoms with Crippen LogP contribution in [0.25, 0.3) is 0 Å². The van der Waals surface area contributed by atoms with Crippen molar-refractivity contribution in [1.29, 1.82) is 0 Å². The average Bonchev–Trinajstić information content (AvgIpc) is 2.26. The van der Waals surface area contributed by atoms with Crippen molar-refractivity contribution >= 4 is 6.21 Å². The molecule has 0 aromatic heterocycles. The van der Waals surface area contributed by atoms with Gasteiger partial charge in [-0.05, 0) is 13.5 Å². The van der Waals surface area contributed by atoms with E-state index in [1.807, 2.05) is 6.21 Å². The van der Waals surface area contributed by atoms with Gasteiger partial charge in [-0.1, -0.05) is 6.92 Å². The van der Waals surface area contributed by atoms with Crippen molar-refractivity contribution in [3.63, 3.8) is 0 Å². The molecule has 0 aromatic carbocycles. The van der Waals surface area contributed by atoms with Gasteiger partial charge in [0.15, 0.2) is 0 Å². The van der Waals surface area contributed by atoms with Crippen molar-refractivity contribution in [3.8, 4) is 0 Å². The highest BCUT2D eigenvalue weighted by atomic mass is 16.5. The van der Waals surface area contributed by atoms with Gasteiger partial charge < -0.3 is 10.5 Å². The minimum absolute atomic E-state index is 0.257. The van der Waals surface area contributed by atoms with Gasteiger partial charge in [0, 0.05) is 25.2 Å². The number of rotatable bonds is 4. The minimum Gasteiger partial charge on any atom is -0.379 e. The van der Waals surface area contributed by atoms with Crippen LogP contribution in [0.1, 0.15) is 13.8 Å². The van der Waals surface area contributed by atoms with Gasteiger partial charge >= 0.3 is 0 Å². The topological polar surface area (TPSA) is 50.8 Å². The Morgan fingerprint density at radius 2 is 2.07 bits per heavy atom. The van der Waals surface area contributed by atoms with E-state index in [0.717, 1.165) is 26.3 Å². The highest BCUT2D eigenvalue weighted by Crippen LogP contribution is 2.04. The first-order chi connectivity index (χ1) is 6.74. The molecule has 0 spiro atoms. The molecule has 82 valence electrons. The fourth-order valence-electron chi connectivity index (χ4n) is 1.38. The second-order valence-electron chi connectivity index (χ2n) is 3.79. The lowest BCUT2D eigenvalue weighted by atomic mass is 10.2. The Labute approximate surface area is 86.1 Å². The second kappa shape index (κ2) is 6.11. The van der Waals surface area contributed by atoms with Gasteiger partial charge in [0.1, 0.15) is 0 Å². The van der Waals surface area contributed by atoms with Crippen LogP contribution in [0.2, 0.25) is 0 Å². The summed E-state index contributed by atoms with van der Waals surface area (Å²) < 4.78 is 5.28. The molecule has 1 saturated heterocycles. The smallest absolute Gasteiger partial charge is 0.0988 e. The number of hydrogen-bond donors (Lipinski definition) is 1. The molecule has 1 aliphatic rings. The summed E-state index contributed by atoms with van der Waals surface area (Å²) in [6, 6.07) is 0. The Balaban J connectivity index is 2.32. The van der Waals surface area contributed by atoms with Crippen LogP contribution in [0.5, 0.6) is 0 Å². The van der Waals surface area contributed by atoms with Crippen LogP contribution in [0.4, 0.5) is 0 Å². The Morgan fingerprint density at radius 3 is 2.64 bits per heavy atom. The van der Waals surface area contributed by atoms with Gasteiger partial charge in [0.05, 0.1) is 19.4 Å². The maximum atomic E-state index is 5.51. The Morgan fingerprint density at radius 1 is 1.43 bits per heavy atom. The van der Waals surface area contributed by atoms with E-state index in [9.17, 15) is 0 Å². The van der Waals surface area contributed by atoms with E-state index in [0.29, 0.717) is 12.5 Å². The van der Waals surface area contributed by atoms with Crippen LogP contribution in [0, 0.1) is 5.92 Å². The molecule has 14 heavy (non-hydrogen) atoms. The molecule has 4 heteroatoms. The molecule has 1 rings (SSSR count). The summed E-state index contributed by atoms with van der Waals surface area (Å²) in [6.07, 6.45) is 2.22. The van der Waals surface area contributed by atoms with Crippen molar-refractivity contribution in [3.05, 3.63) is 0 Å². The summed E-state index contributed by atoms with van der Waals surface area (Å²) in [6.45, 7) is 8.48. The molecule has 1 fully saturated rings. The van der Waals surface area contributed by atoms with Gasteiger partial charge in [-0.3, -0.25) is 9.89 Å². The fourth-order valence-corrected chi connectivity index (χ4v) is 1.38. The molecule has 0 bridgehead atoms. The summed E-state index contributed by atoms with van der Waals surface area (Å²) in [7, 11) is 0. The lowest BCUT2D eigenvalue weighted by Gasteiger charge is -2.29. The van der Waals surface area contributed by atoms with Crippen LogP contribution >= 0.6 is 0 Å². The molecule has 2 unspecified atom stereocenters. The Kier molecular flexibility index (Phi) is 5.07. The molecule has 1 aliphatic heterocycles. The highest BCUT2D eigenvalue weighted by molar-refractivity contribution is 5.60. The van der Waals surface area contributed by atoms with Gasteiger partial charge in [0.25, 0.3) is 0 Å². The first-order valence-corrected chi connectivity index (χ1v) is 5.29. The molecule has 0 amide bonds. The lowest BCUT2D eigenvalue weighted by molar-refractivity contribution is 0.0220. The fraction of sp³-hybridized carbons (Fsp3) is 0.900. The second-order valence-corrected chi connectivity index (χ2v) is 3.79. The first-order valence-electron chi connectivity index (χ1n) is 5.29. The molecule has 2 N–H and O–H groups in total. The summed E-state index contributed by atoms with van der Waals surface area (Å²) in [5.41, 5.74) is 5.51. The van der Waals surface area contributed by atoms with E-state index >= 15 is 0 Å². The largest absolute Gasteiger partial charge is 0.379 e. The third-order valence-corrected chi connectivity index (χ3v) is 2.50. The van der Waals surface area contributed by atoms with Crippen LogP contribution in [0.15, 0.2) is 4.99 Å². The predicted molar refractivity (Wildman–Crippen MR) is 58.6 cm³/mol. The molecule has 0 aromatic rings.